The summed E-state index contributed by atoms with van der Waals surface area (Å²) in [6.07, 6.45) is 3.03. The molecule has 13 heteroatoms. The highest BCUT2D eigenvalue weighted by Gasteiger charge is 2.43. The van der Waals surface area contributed by atoms with Gasteiger partial charge in [0.25, 0.3) is 15.9 Å². The van der Waals surface area contributed by atoms with Gasteiger partial charge in [-0.3, -0.25) is 10.0 Å². The van der Waals surface area contributed by atoms with E-state index < -0.39 is 21.5 Å². The first-order chi connectivity index (χ1) is 14.5. The number of methoxy groups -OCH3 is 1. The zero-order valence-corrected chi connectivity index (χ0v) is 20.1. The summed E-state index contributed by atoms with van der Waals surface area (Å²) in [5.74, 6) is -0.753. The number of rotatable bonds is 8. The highest BCUT2D eigenvalue weighted by atomic mass is 35.5. The van der Waals surface area contributed by atoms with Crippen LogP contribution in [-0.2, 0) is 34.7 Å². The molecule has 2 aromatic heterocycles. The Labute approximate surface area is 196 Å². The van der Waals surface area contributed by atoms with Crippen molar-refractivity contribution in [2.45, 2.75) is 30.2 Å². The quantitative estimate of drug-likeness (QED) is 0.351. The molecule has 1 atom stereocenters. The van der Waals surface area contributed by atoms with Crippen molar-refractivity contribution < 1.29 is 23.2 Å². The zero-order chi connectivity index (χ0) is 22.8. The van der Waals surface area contributed by atoms with E-state index in [2.05, 4.69) is 9.97 Å². The van der Waals surface area contributed by atoms with Gasteiger partial charge in [-0.25, -0.2) is 9.97 Å². The number of benzene rings is 1. The molecule has 3 aromatic rings. The van der Waals surface area contributed by atoms with E-state index in [1.807, 2.05) is 0 Å². The van der Waals surface area contributed by atoms with Crippen LogP contribution in [0.4, 0.5) is 0 Å². The summed E-state index contributed by atoms with van der Waals surface area (Å²) in [7, 11) is -1.37. The third-order valence-electron chi connectivity index (χ3n) is 4.60. The molecule has 1 aromatic carbocycles. The van der Waals surface area contributed by atoms with Gasteiger partial charge in [-0.15, -0.1) is 28.2 Å². The van der Waals surface area contributed by atoms with Gasteiger partial charge in [-0.2, -0.15) is 8.42 Å². The maximum Gasteiger partial charge on any atom is 0.289 e. The number of hydrogen-bond donors (Lipinski definition) is 2. The Kier molecular flexibility index (Phi) is 8.02. The molecule has 0 aliphatic carbocycles. The second-order valence-corrected chi connectivity index (χ2v) is 9.96. The molecule has 3 N–H and O–H groups in total. The monoisotopic (exact) mass is 501 g/mol. The van der Waals surface area contributed by atoms with Crippen molar-refractivity contribution in [3.05, 3.63) is 58.6 Å². The van der Waals surface area contributed by atoms with E-state index in [-0.39, 0.29) is 34.6 Å². The standard InChI is InChI=1S/C19H23N5O5S2.ClH/c1-13-22-15(11-30-13)9-19(20,8-14-10-23(2)12-21-14)18(25)24(26)31(27,28)17-6-4-16(29-3)5-7-17;/h4-7,10-12,26H,8-9,20H2,1-3H3;1H. The Morgan fingerprint density at radius 3 is 2.41 bits per heavy atom. The fourth-order valence-corrected chi connectivity index (χ4v) is 4.75. The number of thiazole rings is 1. The molecular formula is C19H24ClN5O5S2. The summed E-state index contributed by atoms with van der Waals surface area (Å²) in [5.41, 5.74) is 5.61. The molecular weight excluding hydrogens is 478 g/mol. The van der Waals surface area contributed by atoms with Crippen LogP contribution in [0.3, 0.4) is 0 Å². The minimum Gasteiger partial charge on any atom is -0.497 e. The summed E-state index contributed by atoms with van der Waals surface area (Å²) < 4.78 is 32.1. The molecule has 0 spiro atoms. The smallest absolute Gasteiger partial charge is 0.289 e. The lowest BCUT2D eigenvalue weighted by Crippen LogP contribution is -2.58. The Hall–Kier alpha value is -2.51. The van der Waals surface area contributed by atoms with Crippen LogP contribution in [0.1, 0.15) is 16.4 Å². The number of halogens is 1. The Balaban J connectivity index is 0.00000363. The van der Waals surface area contributed by atoms with Crippen LogP contribution >= 0.6 is 23.7 Å². The van der Waals surface area contributed by atoms with Crippen LogP contribution < -0.4 is 10.5 Å². The lowest BCUT2D eigenvalue weighted by molar-refractivity contribution is -0.152. The Morgan fingerprint density at radius 2 is 1.91 bits per heavy atom. The van der Waals surface area contributed by atoms with E-state index in [0.717, 1.165) is 5.01 Å². The molecule has 0 fully saturated rings. The minimum atomic E-state index is -4.56. The molecule has 1 amide bonds. The van der Waals surface area contributed by atoms with Gasteiger partial charge in [0.2, 0.25) is 0 Å². The van der Waals surface area contributed by atoms with Gasteiger partial charge in [0, 0.05) is 31.5 Å². The number of carbonyl (C=O) groups is 1. The van der Waals surface area contributed by atoms with Crippen molar-refractivity contribution in [3.63, 3.8) is 0 Å². The molecule has 3 rings (SSSR count). The maximum atomic E-state index is 13.2. The number of nitrogens with zero attached hydrogens (tertiary/aromatic N) is 4. The number of hydrogen-bond acceptors (Lipinski definition) is 9. The van der Waals surface area contributed by atoms with E-state index in [4.69, 9.17) is 10.5 Å². The number of hydroxylamine groups is 1. The second-order valence-electron chi connectivity index (χ2n) is 7.13. The van der Waals surface area contributed by atoms with Crippen molar-refractivity contribution in [3.8, 4) is 5.75 Å². The molecule has 0 saturated heterocycles. The summed E-state index contributed by atoms with van der Waals surface area (Å²) >= 11 is 1.38. The Bertz CT molecular complexity index is 1130. The molecule has 1 unspecified atom stereocenters. The third kappa shape index (κ3) is 5.45. The van der Waals surface area contributed by atoms with Gasteiger partial charge < -0.3 is 15.0 Å². The topological polar surface area (TPSA) is 141 Å². The number of amides is 1. The number of aromatic nitrogens is 3. The van der Waals surface area contributed by atoms with E-state index in [1.165, 1.54) is 49.0 Å². The maximum absolute atomic E-state index is 13.2. The first-order valence-corrected chi connectivity index (χ1v) is 11.5. The molecule has 174 valence electrons. The average molecular weight is 502 g/mol. The van der Waals surface area contributed by atoms with Crippen molar-refractivity contribution >= 4 is 39.7 Å². The van der Waals surface area contributed by atoms with Gasteiger partial charge in [0.05, 0.1) is 34.7 Å². The van der Waals surface area contributed by atoms with Crippen molar-refractivity contribution in [1.29, 1.82) is 0 Å². The van der Waals surface area contributed by atoms with Gasteiger partial charge in [0.15, 0.2) is 0 Å². The summed E-state index contributed by atoms with van der Waals surface area (Å²) in [4.78, 5) is 21.4. The van der Waals surface area contributed by atoms with Crippen LogP contribution in [0.5, 0.6) is 5.75 Å². The number of ether oxygens (including phenoxy) is 1. The molecule has 2 heterocycles. The van der Waals surface area contributed by atoms with Crippen molar-refractivity contribution in [1.82, 2.24) is 19.0 Å². The minimum absolute atomic E-state index is 0. The lowest BCUT2D eigenvalue weighted by Gasteiger charge is -2.29. The summed E-state index contributed by atoms with van der Waals surface area (Å²) in [5, 5.41) is 13.0. The predicted octanol–water partition coefficient (Wildman–Crippen LogP) is 1.70. The van der Waals surface area contributed by atoms with Crippen molar-refractivity contribution in [2.75, 3.05) is 7.11 Å². The fourth-order valence-electron chi connectivity index (χ4n) is 3.05. The lowest BCUT2D eigenvalue weighted by atomic mass is 9.89. The molecule has 0 radical (unpaired) electrons. The fraction of sp³-hybridized carbons (Fsp3) is 0.316. The molecule has 0 aliphatic rings. The number of carbonyl (C=O) groups excluding carboxylic acids is 1. The van der Waals surface area contributed by atoms with Gasteiger partial charge in [-0.1, -0.05) is 0 Å². The van der Waals surface area contributed by atoms with E-state index >= 15 is 0 Å². The predicted molar refractivity (Wildman–Crippen MR) is 120 cm³/mol. The third-order valence-corrected chi connectivity index (χ3v) is 6.91. The zero-order valence-electron chi connectivity index (χ0n) is 17.6. The van der Waals surface area contributed by atoms with E-state index in [0.29, 0.717) is 17.1 Å². The van der Waals surface area contributed by atoms with Crippen LogP contribution in [0, 0.1) is 6.92 Å². The van der Waals surface area contributed by atoms with E-state index in [9.17, 15) is 18.4 Å². The first kappa shape index (κ1) is 25.7. The van der Waals surface area contributed by atoms with Crippen LogP contribution in [0.15, 0.2) is 47.1 Å². The van der Waals surface area contributed by atoms with Gasteiger partial charge in [-0.05, 0) is 31.2 Å². The van der Waals surface area contributed by atoms with Crippen LogP contribution in [0.25, 0.3) is 0 Å². The summed E-state index contributed by atoms with van der Waals surface area (Å²) in [6, 6.07) is 5.27. The molecule has 0 saturated carbocycles. The molecule has 10 nitrogen and oxygen atoms in total. The number of nitrogens with two attached hydrogens (primary N) is 1. The molecule has 0 aliphatic heterocycles. The van der Waals surface area contributed by atoms with Crippen LogP contribution in [-0.4, -0.2) is 51.2 Å². The number of aryl methyl sites for hydroxylation is 2. The largest absolute Gasteiger partial charge is 0.497 e. The normalized spacial score (nSPS) is 13.2. The molecule has 0 bridgehead atoms. The van der Waals surface area contributed by atoms with Crippen LogP contribution in [0.2, 0.25) is 0 Å². The summed E-state index contributed by atoms with van der Waals surface area (Å²) in [6.45, 7) is 1.80. The van der Waals surface area contributed by atoms with Gasteiger partial charge in [0.1, 0.15) is 11.3 Å². The Morgan fingerprint density at radius 1 is 1.28 bits per heavy atom. The number of sulfonamides is 1. The van der Waals surface area contributed by atoms with Gasteiger partial charge >= 0.3 is 0 Å². The highest BCUT2D eigenvalue weighted by Crippen LogP contribution is 2.24. The SMILES string of the molecule is COc1ccc(S(=O)(=O)N(O)C(=O)C(N)(Cc2cn(C)cn2)Cc2csc(C)n2)cc1.Cl. The first-order valence-electron chi connectivity index (χ1n) is 9.14. The van der Waals surface area contributed by atoms with E-state index in [1.54, 1.807) is 30.1 Å². The molecule has 32 heavy (non-hydrogen) atoms. The second kappa shape index (κ2) is 9.96. The van der Waals surface area contributed by atoms with Crippen molar-refractivity contribution in [2.24, 2.45) is 12.8 Å². The highest BCUT2D eigenvalue weighted by molar-refractivity contribution is 7.89. The average Bonchev–Trinajstić information content (AvgIpc) is 3.33. The number of imidazole rings is 1.